The predicted molar refractivity (Wildman–Crippen MR) is 87.2 cm³/mol. The first kappa shape index (κ1) is 17.2. The molecule has 0 saturated carbocycles. The minimum atomic E-state index is -0.999. The van der Waals surface area contributed by atoms with Gasteiger partial charge in [0.05, 0.1) is 12.5 Å². The summed E-state index contributed by atoms with van der Waals surface area (Å²) >= 11 is 3.32. The second-order valence-corrected chi connectivity index (χ2v) is 6.36. The summed E-state index contributed by atoms with van der Waals surface area (Å²) in [6.07, 6.45) is -0.220. The average molecular weight is 381 g/mol. The van der Waals surface area contributed by atoms with Gasteiger partial charge in [-0.25, -0.2) is 0 Å². The third-order valence-electron chi connectivity index (χ3n) is 3.29. The zero-order valence-corrected chi connectivity index (χ0v) is 14.3. The van der Waals surface area contributed by atoms with Crippen molar-refractivity contribution in [2.75, 3.05) is 0 Å². The molecule has 1 amide bonds. The van der Waals surface area contributed by atoms with Crippen LogP contribution in [0.15, 0.2) is 39.3 Å². The van der Waals surface area contributed by atoms with Crippen molar-refractivity contribution in [2.24, 2.45) is 0 Å². The van der Waals surface area contributed by atoms with E-state index in [-0.39, 0.29) is 18.0 Å². The molecule has 2 N–H and O–H groups in total. The molecule has 1 heterocycles. The maximum absolute atomic E-state index is 12.3. The van der Waals surface area contributed by atoms with Gasteiger partial charge in [-0.3, -0.25) is 9.59 Å². The SMILES string of the molecule is CC(C)c1cc(C(=O)NC(CC(=O)O)c2ccc(Br)cc2)no1. The van der Waals surface area contributed by atoms with Crippen molar-refractivity contribution in [3.8, 4) is 0 Å². The molecule has 2 aromatic rings. The Morgan fingerprint density at radius 3 is 2.48 bits per heavy atom. The molecule has 0 spiro atoms. The highest BCUT2D eigenvalue weighted by Gasteiger charge is 2.21. The molecule has 122 valence electrons. The molecule has 0 saturated heterocycles. The normalized spacial score (nSPS) is 12.2. The summed E-state index contributed by atoms with van der Waals surface area (Å²) in [5.74, 6) is -0.741. The van der Waals surface area contributed by atoms with Crippen LogP contribution in [-0.2, 0) is 4.79 Å². The number of hydrogen-bond donors (Lipinski definition) is 2. The van der Waals surface area contributed by atoms with Gasteiger partial charge in [0, 0.05) is 16.5 Å². The minimum Gasteiger partial charge on any atom is -0.481 e. The molecule has 0 radical (unpaired) electrons. The first-order valence-electron chi connectivity index (χ1n) is 7.11. The van der Waals surface area contributed by atoms with E-state index < -0.39 is 17.9 Å². The van der Waals surface area contributed by atoms with E-state index >= 15 is 0 Å². The lowest BCUT2D eigenvalue weighted by molar-refractivity contribution is -0.137. The number of amides is 1. The molecule has 0 aliphatic carbocycles. The minimum absolute atomic E-state index is 0.116. The van der Waals surface area contributed by atoms with Crippen LogP contribution in [0.2, 0.25) is 0 Å². The lowest BCUT2D eigenvalue weighted by atomic mass is 10.0. The molecule has 1 atom stereocenters. The number of nitrogens with one attached hydrogen (secondary N) is 1. The Morgan fingerprint density at radius 2 is 1.96 bits per heavy atom. The van der Waals surface area contributed by atoms with Crippen LogP contribution >= 0.6 is 15.9 Å². The molecule has 2 rings (SSSR count). The number of carbonyl (C=O) groups excluding carboxylic acids is 1. The van der Waals surface area contributed by atoms with Crippen LogP contribution in [0.5, 0.6) is 0 Å². The fourth-order valence-corrected chi connectivity index (χ4v) is 2.29. The smallest absolute Gasteiger partial charge is 0.305 e. The molecule has 7 heteroatoms. The molecule has 1 aromatic heterocycles. The summed E-state index contributed by atoms with van der Waals surface area (Å²) < 4.78 is 5.97. The fourth-order valence-electron chi connectivity index (χ4n) is 2.02. The van der Waals surface area contributed by atoms with Crippen LogP contribution in [0.3, 0.4) is 0 Å². The molecule has 23 heavy (non-hydrogen) atoms. The summed E-state index contributed by atoms with van der Waals surface area (Å²) in [5.41, 5.74) is 0.845. The summed E-state index contributed by atoms with van der Waals surface area (Å²) in [6.45, 7) is 3.86. The first-order valence-corrected chi connectivity index (χ1v) is 7.91. The number of hydrogen-bond acceptors (Lipinski definition) is 4. The Labute approximate surface area is 142 Å². The maximum atomic E-state index is 12.3. The van der Waals surface area contributed by atoms with Gasteiger partial charge in [0.1, 0.15) is 5.76 Å². The summed E-state index contributed by atoms with van der Waals surface area (Å²) in [4.78, 5) is 23.3. The molecular formula is C16H17BrN2O4. The van der Waals surface area contributed by atoms with Crippen LogP contribution in [0.1, 0.15) is 54.0 Å². The van der Waals surface area contributed by atoms with Gasteiger partial charge in [-0.15, -0.1) is 0 Å². The molecule has 1 aromatic carbocycles. The summed E-state index contributed by atoms with van der Waals surface area (Å²) in [5, 5.41) is 15.5. The number of carboxylic acids is 1. The highest BCUT2D eigenvalue weighted by Crippen LogP contribution is 2.21. The largest absolute Gasteiger partial charge is 0.481 e. The second-order valence-electron chi connectivity index (χ2n) is 5.44. The topological polar surface area (TPSA) is 92.4 Å². The summed E-state index contributed by atoms with van der Waals surface area (Å²) in [6, 6.07) is 8.04. The van der Waals surface area contributed by atoms with Gasteiger partial charge < -0.3 is 14.9 Å². The molecule has 6 nitrogen and oxygen atoms in total. The van der Waals surface area contributed by atoms with Gasteiger partial charge >= 0.3 is 5.97 Å². The number of rotatable bonds is 6. The molecule has 0 bridgehead atoms. The Balaban J connectivity index is 2.17. The number of carbonyl (C=O) groups is 2. The zero-order valence-electron chi connectivity index (χ0n) is 12.7. The van der Waals surface area contributed by atoms with Crippen LogP contribution < -0.4 is 5.32 Å². The quantitative estimate of drug-likeness (QED) is 0.799. The number of aromatic nitrogens is 1. The number of nitrogens with zero attached hydrogens (tertiary/aromatic N) is 1. The van der Waals surface area contributed by atoms with Gasteiger partial charge in [0.25, 0.3) is 5.91 Å². The summed E-state index contributed by atoms with van der Waals surface area (Å²) in [7, 11) is 0. The average Bonchev–Trinajstić information content (AvgIpc) is 2.97. The Morgan fingerprint density at radius 1 is 1.30 bits per heavy atom. The third-order valence-corrected chi connectivity index (χ3v) is 3.82. The second kappa shape index (κ2) is 7.41. The molecular weight excluding hydrogens is 364 g/mol. The van der Waals surface area contributed by atoms with Gasteiger partial charge in [0.15, 0.2) is 5.69 Å². The van der Waals surface area contributed by atoms with Crippen molar-refractivity contribution in [1.82, 2.24) is 10.5 Å². The Kier molecular flexibility index (Phi) is 5.54. The monoisotopic (exact) mass is 380 g/mol. The highest BCUT2D eigenvalue weighted by molar-refractivity contribution is 9.10. The Bertz CT molecular complexity index is 694. The van der Waals surface area contributed by atoms with E-state index in [4.69, 9.17) is 9.63 Å². The van der Waals surface area contributed by atoms with Crippen molar-refractivity contribution in [3.63, 3.8) is 0 Å². The molecule has 1 unspecified atom stereocenters. The van der Waals surface area contributed by atoms with E-state index in [9.17, 15) is 9.59 Å². The standard InChI is InChI=1S/C16H17BrN2O4/c1-9(2)14-7-13(19-23-14)16(22)18-12(8-15(20)21)10-3-5-11(17)6-4-10/h3-7,9,12H,8H2,1-2H3,(H,18,22)(H,20,21). The van der Waals surface area contributed by atoms with Crippen LogP contribution in [0, 0.1) is 0 Å². The lowest BCUT2D eigenvalue weighted by Gasteiger charge is -2.16. The van der Waals surface area contributed by atoms with Gasteiger partial charge in [-0.2, -0.15) is 0 Å². The van der Waals surface area contributed by atoms with Gasteiger partial charge in [-0.05, 0) is 17.7 Å². The molecule has 0 fully saturated rings. The number of benzene rings is 1. The van der Waals surface area contributed by atoms with E-state index in [2.05, 4.69) is 26.4 Å². The lowest BCUT2D eigenvalue weighted by Crippen LogP contribution is -2.30. The highest BCUT2D eigenvalue weighted by atomic mass is 79.9. The Hall–Kier alpha value is -2.15. The number of carboxylic acid groups (broad SMARTS) is 1. The van der Waals surface area contributed by atoms with Crippen molar-refractivity contribution >= 4 is 27.8 Å². The maximum Gasteiger partial charge on any atom is 0.305 e. The van der Waals surface area contributed by atoms with Crippen molar-refractivity contribution < 1.29 is 19.2 Å². The van der Waals surface area contributed by atoms with E-state index in [1.807, 2.05) is 13.8 Å². The van der Waals surface area contributed by atoms with Crippen molar-refractivity contribution in [3.05, 3.63) is 51.8 Å². The molecule has 0 aliphatic heterocycles. The van der Waals surface area contributed by atoms with Crippen molar-refractivity contribution in [1.29, 1.82) is 0 Å². The van der Waals surface area contributed by atoms with Crippen molar-refractivity contribution in [2.45, 2.75) is 32.2 Å². The number of aliphatic carboxylic acids is 1. The zero-order chi connectivity index (χ0) is 17.0. The van der Waals surface area contributed by atoms with Gasteiger partial charge in [-0.1, -0.05) is 47.1 Å². The van der Waals surface area contributed by atoms with E-state index in [0.29, 0.717) is 11.3 Å². The number of halogens is 1. The van der Waals surface area contributed by atoms with Crippen LogP contribution in [-0.4, -0.2) is 22.1 Å². The van der Waals surface area contributed by atoms with Crippen LogP contribution in [0.25, 0.3) is 0 Å². The van der Waals surface area contributed by atoms with Gasteiger partial charge in [0.2, 0.25) is 0 Å². The third kappa shape index (κ3) is 4.66. The van der Waals surface area contributed by atoms with E-state index in [1.165, 1.54) is 0 Å². The predicted octanol–water partition coefficient (Wildman–Crippen LogP) is 3.51. The fraction of sp³-hybridized carbons (Fsp3) is 0.312. The van der Waals surface area contributed by atoms with E-state index in [0.717, 1.165) is 4.47 Å². The molecule has 0 aliphatic rings. The van der Waals surface area contributed by atoms with Crippen LogP contribution in [0.4, 0.5) is 0 Å². The van der Waals surface area contributed by atoms with E-state index in [1.54, 1.807) is 30.3 Å². The first-order chi connectivity index (χ1) is 10.9.